The summed E-state index contributed by atoms with van der Waals surface area (Å²) in [5, 5.41) is 0.157. The van der Waals surface area contributed by atoms with Gasteiger partial charge in [0.05, 0.1) is 0 Å². The number of benzene rings is 1. The third-order valence-electron chi connectivity index (χ3n) is 2.77. The van der Waals surface area contributed by atoms with Crippen LogP contribution in [0.5, 0.6) is 0 Å². The molecule has 0 amide bonds. The fourth-order valence-electron chi connectivity index (χ4n) is 1.69. The van der Waals surface area contributed by atoms with Crippen LogP contribution in [0.1, 0.15) is 0 Å². The van der Waals surface area contributed by atoms with E-state index in [2.05, 4.69) is 4.72 Å². The van der Waals surface area contributed by atoms with Crippen LogP contribution in [0.25, 0.3) is 0 Å². The largest absolute Gasteiger partial charge is 0.394 e. The van der Waals surface area contributed by atoms with Crippen molar-refractivity contribution in [3.63, 3.8) is 0 Å². The smallest absolute Gasteiger partial charge is 0.243 e. The highest BCUT2D eigenvalue weighted by Crippen LogP contribution is 2.25. The Hall–Kier alpha value is -0.510. The van der Waals surface area contributed by atoms with Crippen LogP contribution in [-0.2, 0) is 10.0 Å². The first-order valence-corrected chi connectivity index (χ1v) is 9.53. The second-order valence-corrected chi connectivity index (χ2v) is 8.49. The van der Waals surface area contributed by atoms with Gasteiger partial charge in [-0.2, -0.15) is 23.5 Å². The molecule has 9 heteroatoms. The van der Waals surface area contributed by atoms with Crippen molar-refractivity contribution < 1.29 is 17.2 Å². The highest BCUT2D eigenvalue weighted by atomic mass is 32.2. The summed E-state index contributed by atoms with van der Waals surface area (Å²) in [6.07, 6.45) is 0. The lowest BCUT2D eigenvalue weighted by molar-refractivity contribution is 0.548. The summed E-state index contributed by atoms with van der Waals surface area (Å²) in [4.78, 5) is -0.620. The van der Waals surface area contributed by atoms with Crippen molar-refractivity contribution in [3.05, 3.63) is 23.8 Å². The van der Waals surface area contributed by atoms with E-state index in [-0.39, 0.29) is 11.8 Å². The van der Waals surface area contributed by atoms with E-state index in [9.17, 15) is 17.2 Å². The zero-order valence-electron chi connectivity index (χ0n) is 10.4. The van der Waals surface area contributed by atoms with Crippen LogP contribution in [-0.4, -0.2) is 37.5 Å². The van der Waals surface area contributed by atoms with Gasteiger partial charge in [0.2, 0.25) is 10.0 Å². The molecule has 20 heavy (non-hydrogen) atoms. The maximum Gasteiger partial charge on any atom is 0.243 e. The Morgan fingerprint density at radius 1 is 1.35 bits per heavy atom. The summed E-state index contributed by atoms with van der Waals surface area (Å²) < 4.78 is 53.1. The Kier molecular flexibility index (Phi) is 5.16. The molecule has 1 atom stereocenters. The molecule has 1 aromatic carbocycles. The summed E-state index contributed by atoms with van der Waals surface area (Å²) in [5.41, 5.74) is 4.39. The van der Waals surface area contributed by atoms with E-state index in [0.29, 0.717) is 0 Å². The van der Waals surface area contributed by atoms with E-state index in [4.69, 9.17) is 5.73 Å². The summed E-state index contributed by atoms with van der Waals surface area (Å²) in [5.74, 6) is 0.650. The number of hydrogen-bond donors (Lipinski definition) is 2. The van der Waals surface area contributed by atoms with Crippen molar-refractivity contribution in [3.8, 4) is 0 Å². The molecule has 1 aromatic rings. The first kappa shape index (κ1) is 15.9. The van der Waals surface area contributed by atoms with E-state index in [1.165, 1.54) is 0 Å². The molecule has 1 unspecified atom stereocenters. The number of hydrogen-bond acceptors (Lipinski definition) is 5. The van der Waals surface area contributed by atoms with Crippen molar-refractivity contribution in [2.75, 3.05) is 29.5 Å². The number of thioether (sulfide) groups is 2. The lowest BCUT2D eigenvalue weighted by Crippen LogP contribution is -2.34. The zero-order chi connectivity index (χ0) is 14.8. The van der Waals surface area contributed by atoms with Gasteiger partial charge in [-0.1, -0.05) is 0 Å². The van der Waals surface area contributed by atoms with Gasteiger partial charge in [-0.15, -0.1) is 0 Å². The molecular weight excluding hydrogens is 326 g/mol. The molecule has 0 radical (unpaired) electrons. The van der Waals surface area contributed by atoms with Crippen molar-refractivity contribution in [1.82, 2.24) is 4.72 Å². The second-order valence-electron chi connectivity index (χ2n) is 4.19. The van der Waals surface area contributed by atoms with Gasteiger partial charge in [-0.25, -0.2) is 21.9 Å². The summed E-state index contributed by atoms with van der Waals surface area (Å²) in [6.45, 7) is 0.219. The Morgan fingerprint density at radius 2 is 2.10 bits per heavy atom. The molecular formula is C11H14F2N2O2S3. The Morgan fingerprint density at radius 3 is 2.75 bits per heavy atom. The van der Waals surface area contributed by atoms with Crippen LogP contribution in [0, 0.1) is 11.6 Å². The fraction of sp³-hybridized carbons (Fsp3) is 0.455. The number of sulfonamides is 1. The van der Waals surface area contributed by atoms with E-state index < -0.39 is 32.2 Å². The van der Waals surface area contributed by atoms with Crippen molar-refractivity contribution in [1.29, 1.82) is 0 Å². The molecule has 1 aliphatic rings. The quantitative estimate of drug-likeness (QED) is 0.816. The maximum atomic E-state index is 13.7. The molecule has 0 spiro atoms. The van der Waals surface area contributed by atoms with Crippen LogP contribution in [0.2, 0.25) is 0 Å². The van der Waals surface area contributed by atoms with Crippen LogP contribution < -0.4 is 10.5 Å². The van der Waals surface area contributed by atoms with E-state index in [1.54, 1.807) is 23.5 Å². The van der Waals surface area contributed by atoms with Crippen molar-refractivity contribution in [2.45, 2.75) is 10.1 Å². The normalized spacial score (nSPS) is 20.0. The lowest BCUT2D eigenvalue weighted by atomic mass is 10.3. The van der Waals surface area contributed by atoms with Gasteiger partial charge in [0.25, 0.3) is 0 Å². The SMILES string of the molecule is Nc1c(F)ccc(S(=O)(=O)NCC2CSCCS2)c1F. The highest BCUT2D eigenvalue weighted by Gasteiger charge is 2.24. The lowest BCUT2D eigenvalue weighted by Gasteiger charge is -2.21. The fourth-order valence-corrected chi connectivity index (χ4v) is 5.58. The third kappa shape index (κ3) is 3.57. The van der Waals surface area contributed by atoms with E-state index in [0.717, 1.165) is 29.4 Å². The standard InChI is InChI=1S/C11H14F2N2O2S3/c12-8-1-2-9(10(13)11(8)14)20(16,17)15-5-7-6-18-3-4-19-7/h1-2,7,15H,3-6,14H2. The molecule has 1 saturated heterocycles. The zero-order valence-corrected chi connectivity index (χ0v) is 12.9. The van der Waals surface area contributed by atoms with Gasteiger partial charge in [-0.3, -0.25) is 0 Å². The summed E-state index contributed by atoms with van der Waals surface area (Å²) in [7, 11) is -4.02. The minimum atomic E-state index is -4.02. The predicted molar refractivity (Wildman–Crippen MR) is 79.5 cm³/mol. The molecule has 1 heterocycles. The topological polar surface area (TPSA) is 72.2 Å². The summed E-state index contributed by atoms with van der Waals surface area (Å²) >= 11 is 3.44. The first-order chi connectivity index (χ1) is 9.42. The Bertz CT molecular complexity index is 590. The van der Waals surface area contributed by atoms with Crippen LogP contribution >= 0.6 is 23.5 Å². The number of nitrogens with one attached hydrogen (secondary N) is 1. The van der Waals surface area contributed by atoms with Gasteiger partial charge in [0.15, 0.2) is 5.82 Å². The molecule has 1 fully saturated rings. The molecule has 3 N–H and O–H groups in total. The molecule has 4 nitrogen and oxygen atoms in total. The minimum absolute atomic E-state index is 0.157. The highest BCUT2D eigenvalue weighted by molar-refractivity contribution is 8.06. The Balaban J connectivity index is 2.12. The van der Waals surface area contributed by atoms with Crippen LogP contribution in [0.4, 0.5) is 14.5 Å². The van der Waals surface area contributed by atoms with Gasteiger partial charge < -0.3 is 5.73 Å². The van der Waals surface area contributed by atoms with Gasteiger partial charge in [0.1, 0.15) is 16.4 Å². The number of nitrogen functional groups attached to an aromatic ring is 1. The van der Waals surface area contributed by atoms with Crippen LogP contribution in [0.15, 0.2) is 17.0 Å². The molecule has 0 bridgehead atoms. The van der Waals surface area contributed by atoms with E-state index >= 15 is 0 Å². The van der Waals surface area contributed by atoms with Gasteiger partial charge >= 0.3 is 0 Å². The molecule has 2 rings (SSSR count). The number of rotatable bonds is 4. The molecule has 1 aliphatic heterocycles. The molecule has 0 saturated carbocycles. The predicted octanol–water partition coefficient (Wildman–Crippen LogP) is 1.67. The monoisotopic (exact) mass is 340 g/mol. The first-order valence-electron chi connectivity index (χ1n) is 5.84. The van der Waals surface area contributed by atoms with Gasteiger partial charge in [-0.05, 0) is 12.1 Å². The second kappa shape index (κ2) is 6.50. The molecule has 112 valence electrons. The number of halogens is 2. The van der Waals surface area contributed by atoms with Crippen molar-refractivity contribution >= 4 is 39.2 Å². The average Bonchev–Trinajstić information content (AvgIpc) is 2.44. The number of anilines is 1. The van der Waals surface area contributed by atoms with Crippen molar-refractivity contribution in [2.24, 2.45) is 0 Å². The third-order valence-corrected chi connectivity index (χ3v) is 7.05. The van der Waals surface area contributed by atoms with E-state index in [1.807, 2.05) is 0 Å². The number of nitrogens with two attached hydrogens (primary N) is 1. The molecule has 0 aromatic heterocycles. The average molecular weight is 340 g/mol. The van der Waals surface area contributed by atoms with Gasteiger partial charge in [0, 0.05) is 29.1 Å². The molecule has 0 aliphatic carbocycles. The minimum Gasteiger partial charge on any atom is -0.394 e. The maximum absolute atomic E-state index is 13.7. The Labute approximate surface area is 124 Å². The van der Waals surface area contributed by atoms with Crippen LogP contribution in [0.3, 0.4) is 0 Å². The summed E-state index contributed by atoms with van der Waals surface area (Å²) in [6, 6.07) is 1.73.